The Balaban J connectivity index is 2.06. The average Bonchev–Trinajstić information content (AvgIpc) is 2.91. The third kappa shape index (κ3) is 8.75. The number of aromatic hydroxyl groups is 2. The van der Waals surface area contributed by atoms with Gasteiger partial charge in [0.25, 0.3) is 5.91 Å². The number of hydrogen-bond acceptors (Lipinski definition) is 6. The lowest BCUT2D eigenvalue weighted by Gasteiger charge is -2.34. The molecule has 0 bridgehead atoms. The summed E-state index contributed by atoms with van der Waals surface area (Å²) in [6.07, 6.45) is 0.708. The number of halogens is 1. The third-order valence-electron chi connectivity index (χ3n) is 6.21. The number of aryl methyl sites for hydroxylation is 1. The number of amides is 3. The molecule has 0 radical (unpaired) electrons. The molecule has 3 rings (SSSR count). The molecule has 9 nitrogen and oxygen atoms in total. The van der Waals surface area contributed by atoms with Crippen molar-refractivity contribution in [3.05, 3.63) is 101 Å². The van der Waals surface area contributed by atoms with Gasteiger partial charge >= 0.3 is 6.09 Å². The summed E-state index contributed by atoms with van der Waals surface area (Å²) in [7, 11) is 0. The monoisotopic (exact) mass is 593 g/mol. The van der Waals surface area contributed by atoms with Crippen LogP contribution < -0.4 is 10.6 Å². The van der Waals surface area contributed by atoms with Crippen molar-refractivity contribution in [3.8, 4) is 11.5 Å². The lowest BCUT2D eigenvalue weighted by atomic mass is 10.00. The SMILES string of the molecule is C=CCN(C(=O)C(Cc1ccc(O)cc1)NC(=O)OC(C)(C)C)C(C(=O)Nc1c(C)cccc1Cl)c1ccc(O)cc1. The minimum Gasteiger partial charge on any atom is -0.508 e. The standard InChI is InChI=1S/C32H36ClN3O6/c1-6-18-36(30(40)26(34-31(41)42-32(3,4)5)19-21-10-14-23(37)15-11-21)28(22-12-16-24(38)17-13-22)29(39)35-27-20(2)8-7-9-25(27)33/h6-17,26,28,37-38H,1,18-19H2,2-5H3,(H,34,41)(H,35,39). The summed E-state index contributed by atoms with van der Waals surface area (Å²) in [5, 5.41) is 25.5. The number of alkyl carbamates (subject to hydrolysis) is 1. The molecule has 2 atom stereocenters. The Kier molecular flexibility index (Phi) is 10.6. The first kappa shape index (κ1) is 32.0. The molecule has 0 aliphatic rings. The highest BCUT2D eigenvalue weighted by molar-refractivity contribution is 6.34. The van der Waals surface area contributed by atoms with Crippen LogP contribution in [0, 0.1) is 6.92 Å². The molecule has 0 heterocycles. The van der Waals surface area contributed by atoms with E-state index >= 15 is 0 Å². The van der Waals surface area contributed by atoms with Gasteiger partial charge in [0.15, 0.2) is 0 Å². The molecule has 3 aromatic rings. The number of phenolic OH excluding ortho intramolecular Hbond substituents is 2. The number of benzene rings is 3. The van der Waals surface area contributed by atoms with E-state index in [4.69, 9.17) is 16.3 Å². The topological polar surface area (TPSA) is 128 Å². The van der Waals surface area contributed by atoms with Gasteiger partial charge in [-0.1, -0.05) is 54.1 Å². The van der Waals surface area contributed by atoms with Gasteiger partial charge in [-0.05, 0) is 74.7 Å². The Bertz CT molecular complexity index is 1400. The van der Waals surface area contributed by atoms with Gasteiger partial charge in [0.2, 0.25) is 5.91 Å². The Labute approximate surface area is 250 Å². The molecule has 0 aliphatic heterocycles. The largest absolute Gasteiger partial charge is 0.508 e. The van der Waals surface area contributed by atoms with E-state index in [-0.39, 0.29) is 24.5 Å². The van der Waals surface area contributed by atoms with Crippen molar-refractivity contribution in [2.45, 2.75) is 51.8 Å². The van der Waals surface area contributed by atoms with Gasteiger partial charge in [-0.25, -0.2) is 4.79 Å². The fourth-order valence-corrected chi connectivity index (χ4v) is 4.56. The van der Waals surface area contributed by atoms with Gasteiger partial charge in [-0.3, -0.25) is 9.59 Å². The second-order valence-electron chi connectivity index (χ2n) is 10.8. The zero-order chi connectivity index (χ0) is 31.0. The average molecular weight is 594 g/mol. The molecular formula is C32H36ClN3O6. The van der Waals surface area contributed by atoms with E-state index in [1.54, 1.807) is 70.2 Å². The van der Waals surface area contributed by atoms with Crippen molar-refractivity contribution in [3.63, 3.8) is 0 Å². The quantitative estimate of drug-likeness (QED) is 0.217. The van der Waals surface area contributed by atoms with Crippen LogP contribution in [0.15, 0.2) is 79.4 Å². The van der Waals surface area contributed by atoms with Crippen molar-refractivity contribution in [1.29, 1.82) is 0 Å². The second kappa shape index (κ2) is 13.9. The molecule has 0 saturated carbocycles. The van der Waals surface area contributed by atoms with Crippen LogP contribution in [0.5, 0.6) is 11.5 Å². The lowest BCUT2D eigenvalue weighted by molar-refractivity contribution is -0.140. The summed E-state index contributed by atoms with van der Waals surface area (Å²) in [5.41, 5.74) is 1.35. The normalized spacial score (nSPS) is 12.5. The zero-order valence-corrected chi connectivity index (χ0v) is 24.8. The minimum absolute atomic E-state index is 0.0155. The van der Waals surface area contributed by atoms with Crippen LogP contribution in [0.1, 0.15) is 43.5 Å². The maximum Gasteiger partial charge on any atom is 0.408 e. The molecule has 0 saturated heterocycles. The molecule has 10 heteroatoms. The molecule has 0 aromatic heterocycles. The maximum absolute atomic E-state index is 14.3. The molecule has 4 N–H and O–H groups in total. The summed E-state index contributed by atoms with van der Waals surface area (Å²) in [5.74, 6) is -1.11. The van der Waals surface area contributed by atoms with Gasteiger partial charge in [-0.2, -0.15) is 0 Å². The van der Waals surface area contributed by atoms with E-state index < -0.39 is 35.6 Å². The Hall–Kier alpha value is -4.50. The number of hydrogen-bond donors (Lipinski definition) is 4. The number of para-hydroxylation sites is 1. The highest BCUT2D eigenvalue weighted by Gasteiger charge is 2.36. The number of phenols is 2. The second-order valence-corrected chi connectivity index (χ2v) is 11.2. The maximum atomic E-state index is 14.3. The van der Waals surface area contributed by atoms with Crippen molar-refractivity contribution in [2.24, 2.45) is 0 Å². The predicted molar refractivity (Wildman–Crippen MR) is 163 cm³/mol. The molecular weight excluding hydrogens is 558 g/mol. The number of nitrogens with one attached hydrogen (secondary N) is 2. The number of rotatable bonds is 10. The first-order valence-electron chi connectivity index (χ1n) is 13.3. The van der Waals surface area contributed by atoms with Gasteiger partial charge < -0.3 is 30.5 Å². The fourth-order valence-electron chi connectivity index (χ4n) is 4.29. The van der Waals surface area contributed by atoms with E-state index in [1.165, 1.54) is 35.2 Å². The predicted octanol–water partition coefficient (Wildman–Crippen LogP) is 5.89. The van der Waals surface area contributed by atoms with E-state index in [2.05, 4.69) is 17.2 Å². The summed E-state index contributed by atoms with van der Waals surface area (Å²) in [4.78, 5) is 42.4. The number of carbonyl (C=O) groups is 3. The van der Waals surface area contributed by atoms with Crippen molar-refractivity contribution in [2.75, 3.05) is 11.9 Å². The number of carbonyl (C=O) groups excluding carboxylic acids is 3. The minimum atomic E-state index is -1.20. The van der Waals surface area contributed by atoms with E-state index in [1.807, 2.05) is 0 Å². The number of anilines is 1. The highest BCUT2D eigenvalue weighted by atomic mass is 35.5. The van der Waals surface area contributed by atoms with Crippen LogP contribution in [0.3, 0.4) is 0 Å². The Morgan fingerprint density at radius 2 is 1.60 bits per heavy atom. The van der Waals surface area contributed by atoms with Crippen LogP contribution in [-0.2, 0) is 20.7 Å². The molecule has 3 aromatic carbocycles. The fraction of sp³-hybridized carbons (Fsp3) is 0.281. The van der Waals surface area contributed by atoms with E-state index in [0.29, 0.717) is 21.8 Å². The summed E-state index contributed by atoms with van der Waals surface area (Å²) < 4.78 is 5.42. The summed E-state index contributed by atoms with van der Waals surface area (Å²) >= 11 is 6.39. The molecule has 0 aliphatic carbocycles. The summed E-state index contributed by atoms with van der Waals surface area (Å²) in [6.45, 7) is 10.6. The van der Waals surface area contributed by atoms with Crippen LogP contribution in [0.2, 0.25) is 5.02 Å². The van der Waals surface area contributed by atoms with Crippen LogP contribution in [-0.4, -0.2) is 51.2 Å². The van der Waals surface area contributed by atoms with Gasteiger partial charge in [-0.15, -0.1) is 6.58 Å². The highest BCUT2D eigenvalue weighted by Crippen LogP contribution is 2.30. The third-order valence-corrected chi connectivity index (χ3v) is 6.53. The van der Waals surface area contributed by atoms with Crippen molar-refractivity contribution in [1.82, 2.24) is 10.2 Å². The number of nitrogens with zero attached hydrogens (tertiary/aromatic N) is 1. The van der Waals surface area contributed by atoms with Gasteiger partial charge in [0, 0.05) is 13.0 Å². The molecule has 2 unspecified atom stereocenters. The molecule has 3 amide bonds. The molecule has 0 spiro atoms. The van der Waals surface area contributed by atoms with E-state index in [0.717, 1.165) is 5.56 Å². The Morgan fingerprint density at radius 3 is 2.14 bits per heavy atom. The Morgan fingerprint density at radius 1 is 1.00 bits per heavy atom. The lowest BCUT2D eigenvalue weighted by Crippen LogP contribution is -2.53. The first-order valence-corrected chi connectivity index (χ1v) is 13.7. The van der Waals surface area contributed by atoms with Gasteiger partial charge in [0.05, 0.1) is 10.7 Å². The first-order chi connectivity index (χ1) is 19.8. The zero-order valence-electron chi connectivity index (χ0n) is 24.1. The molecule has 222 valence electrons. The van der Waals surface area contributed by atoms with Crippen LogP contribution >= 0.6 is 11.6 Å². The molecule has 0 fully saturated rings. The van der Waals surface area contributed by atoms with Crippen LogP contribution in [0.25, 0.3) is 0 Å². The van der Waals surface area contributed by atoms with Crippen molar-refractivity contribution < 1.29 is 29.3 Å². The van der Waals surface area contributed by atoms with E-state index in [9.17, 15) is 24.6 Å². The van der Waals surface area contributed by atoms with Gasteiger partial charge in [0.1, 0.15) is 29.2 Å². The summed E-state index contributed by atoms with van der Waals surface area (Å²) in [6, 6.07) is 15.0. The number of ether oxygens (including phenoxy) is 1. The van der Waals surface area contributed by atoms with Crippen molar-refractivity contribution >= 4 is 35.2 Å². The smallest absolute Gasteiger partial charge is 0.408 e. The van der Waals surface area contributed by atoms with Crippen LogP contribution in [0.4, 0.5) is 10.5 Å². The molecule has 42 heavy (non-hydrogen) atoms.